The summed E-state index contributed by atoms with van der Waals surface area (Å²) in [6.45, 7) is 6.93. The van der Waals surface area contributed by atoms with E-state index >= 15 is 0 Å². The van der Waals surface area contributed by atoms with Gasteiger partial charge in [0, 0.05) is 28.9 Å². The third kappa shape index (κ3) is 4.89. The van der Waals surface area contributed by atoms with Gasteiger partial charge in [-0.15, -0.1) is 11.3 Å². The molecular weight excluding hydrogens is 518 g/mol. The number of pyridine rings is 2. The molecule has 5 rings (SSSR count). The minimum atomic E-state index is -3.92. The van der Waals surface area contributed by atoms with Gasteiger partial charge in [-0.05, 0) is 32.0 Å². The summed E-state index contributed by atoms with van der Waals surface area (Å²) < 4.78 is 46.5. The van der Waals surface area contributed by atoms with Gasteiger partial charge >= 0.3 is 0 Å². The van der Waals surface area contributed by atoms with Crippen LogP contribution in [0.15, 0.2) is 45.8 Å². The lowest BCUT2D eigenvalue weighted by Crippen LogP contribution is -2.44. The Hall–Kier alpha value is -3.55. The molecule has 5 heterocycles. The van der Waals surface area contributed by atoms with Crippen LogP contribution < -0.4 is 19.8 Å². The standard InChI is InChI=1S/C24H25N5O6S2/c1-14-23(36-15(2)27-14)37(31,32)28-18-7-17(8-26-21(18)33-4)16-5-6-20-25-9-19(22(30)29(20)10-16)35-13-24(3)11-34-12-24/h5-10,28H,11-13H2,1-4H3. The van der Waals surface area contributed by atoms with Crippen molar-refractivity contribution in [3.05, 3.63) is 57.8 Å². The highest BCUT2D eigenvalue weighted by Crippen LogP contribution is 2.32. The second-order valence-electron chi connectivity index (χ2n) is 9.16. The number of nitrogens with one attached hydrogen (secondary N) is 1. The molecule has 0 atom stereocenters. The quantitative estimate of drug-likeness (QED) is 0.356. The van der Waals surface area contributed by atoms with Crippen molar-refractivity contribution in [2.75, 3.05) is 31.7 Å². The van der Waals surface area contributed by atoms with Crippen molar-refractivity contribution in [1.29, 1.82) is 0 Å². The van der Waals surface area contributed by atoms with Gasteiger partial charge in [0.1, 0.15) is 11.3 Å². The first-order valence-corrected chi connectivity index (χ1v) is 13.6. The second kappa shape index (κ2) is 9.39. The Labute approximate surface area is 217 Å². The van der Waals surface area contributed by atoms with Crippen LogP contribution in [0.2, 0.25) is 0 Å². The summed E-state index contributed by atoms with van der Waals surface area (Å²) in [7, 11) is -2.52. The lowest BCUT2D eigenvalue weighted by atomic mass is 9.90. The molecule has 0 bridgehead atoms. The number of aryl methyl sites for hydroxylation is 2. The van der Waals surface area contributed by atoms with E-state index in [1.165, 1.54) is 23.9 Å². The molecule has 0 saturated carbocycles. The van der Waals surface area contributed by atoms with E-state index in [4.69, 9.17) is 14.2 Å². The molecular formula is C24H25N5O6S2. The molecule has 1 fully saturated rings. The average molecular weight is 544 g/mol. The number of anilines is 1. The van der Waals surface area contributed by atoms with E-state index in [9.17, 15) is 13.2 Å². The van der Waals surface area contributed by atoms with E-state index in [2.05, 4.69) is 19.7 Å². The lowest BCUT2D eigenvalue weighted by molar-refractivity contribution is -0.120. The smallest absolute Gasteiger partial charge is 0.300 e. The van der Waals surface area contributed by atoms with Crippen molar-refractivity contribution in [3.8, 4) is 22.8 Å². The second-order valence-corrected chi connectivity index (χ2v) is 12.2. The predicted octanol–water partition coefficient (Wildman–Crippen LogP) is 3.05. The first-order valence-electron chi connectivity index (χ1n) is 11.3. The van der Waals surface area contributed by atoms with Crippen LogP contribution >= 0.6 is 11.3 Å². The van der Waals surface area contributed by atoms with E-state index in [0.29, 0.717) is 47.3 Å². The molecule has 0 aromatic carbocycles. The van der Waals surface area contributed by atoms with Gasteiger partial charge in [0.05, 0.1) is 43.8 Å². The van der Waals surface area contributed by atoms with Gasteiger partial charge in [0.2, 0.25) is 11.6 Å². The molecule has 0 unspecified atom stereocenters. The molecule has 1 N–H and O–H groups in total. The van der Waals surface area contributed by atoms with E-state index in [0.717, 1.165) is 11.3 Å². The highest BCUT2D eigenvalue weighted by Gasteiger charge is 2.34. The van der Waals surface area contributed by atoms with Crippen LogP contribution in [0.4, 0.5) is 5.69 Å². The van der Waals surface area contributed by atoms with Gasteiger partial charge < -0.3 is 14.2 Å². The number of hydrogen-bond donors (Lipinski definition) is 1. The highest BCUT2D eigenvalue weighted by atomic mass is 32.2. The van der Waals surface area contributed by atoms with Crippen LogP contribution in [-0.4, -0.2) is 54.7 Å². The largest absolute Gasteiger partial charge is 0.486 e. The molecule has 11 nitrogen and oxygen atoms in total. The fraction of sp³-hybridized carbons (Fsp3) is 0.333. The highest BCUT2D eigenvalue weighted by molar-refractivity contribution is 7.94. The Morgan fingerprint density at radius 1 is 1.19 bits per heavy atom. The van der Waals surface area contributed by atoms with Crippen molar-refractivity contribution in [1.82, 2.24) is 19.4 Å². The van der Waals surface area contributed by atoms with Crippen molar-refractivity contribution >= 4 is 32.7 Å². The number of fused-ring (bicyclic) bond motifs is 1. The Morgan fingerprint density at radius 3 is 2.62 bits per heavy atom. The molecule has 0 aliphatic carbocycles. The molecule has 1 saturated heterocycles. The van der Waals surface area contributed by atoms with Gasteiger partial charge in [-0.25, -0.2) is 23.4 Å². The van der Waals surface area contributed by atoms with Crippen molar-refractivity contribution < 1.29 is 22.6 Å². The number of ether oxygens (including phenoxy) is 3. The van der Waals surface area contributed by atoms with Gasteiger partial charge in [0.15, 0.2) is 4.21 Å². The molecule has 1 aliphatic rings. The predicted molar refractivity (Wildman–Crippen MR) is 138 cm³/mol. The third-order valence-corrected chi connectivity index (χ3v) is 8.92. The van der Waals surface area contributed by atoms with Crippen LogP contribution in [0.25, 0.3) is 16.8 Å². The molecule has 13 heteroatoms. The van der Waals surface area contributed by atoms with Crippen LogP contribution in [0.3, 0.4) is 0 Å². The summed E-state index contributed by atoms with van der Waals surface area (Å²) in [5.74, 6) is 0.245. The van der Waals surface area contributed by atoms with E-state index in [1.807, 2.05) is 6.92 Å². The zero-order valence-corrected chi connectivity index (χ0v) is 22.3. The normalized spacial score (nSPS) is 14.8. The number of nitrogens with zero attached hydrogens (tertiary/aromatic N) is 4. The maximum atomic E-state index is 13.1. The molecule has 0 amide bonds. The number of sulfonamides is 1. The number of thiazole rings is 1. The monoisotopic (exact) mass is 543 g/mol. The minimum Gasteiger partial charge on any atom is -0.486 e. The Kier molecular flexibility index (Phi) is 6.38. The summed E-state index contributed by atoms with van der Waals surface area (Å²) in [5, 5.41) is 0.644. The Balaban J connectivity index is 1.49. The summed E-state index contributed by atoms with van der Waals surface area (Å²) in [4.78, 5) is 25.9. The first-order chi connectivity index (χ1) is 17.6. The number of hydrogen-bond acceptors (Lipinski definition) is 10. The van der Waals surface area contributed by atoms with Gasteiger partial charge in [-0.1, -0.05) is 6.92 Å². The molecule has 4 aromatic heterocycles. The zero-order chi connectivity index (χ0) is 26.4. The van der Waals surface area contributed by atoms with Gasteiger partial charge in [-0.3, -0.25) is 13.9 Å². The van der Waals surface area contributed by atoms with Gasteiger partial charge in [-0.2, -0.15) is 0 Å². The lowest BCUT2D eigenvalue weighted by Gasteiger charge is -2.37. The van der Waals surface area contributed by atoms with Crippen LogP contribution in [0, 0.1) is 19.3 Å². The van der Waals surface area contributed by atoms with Crippen molar-refractivity contribution in [3.63, 3.8) is 0 Å². The average Bonchev–Trinajstić information content (AvgIpc) is 3.21. The molecule has 37 heavy (non-hydrogen) atoms. The van der Waals surface area contributed by atoms with E-state index in [-0.39, 0.29) is 32.5 Å². The minimum absolute atomic E-state index is 0.106. The van der Waals surface area contributed by atoms with E-state index < -0.39 is 10.0 Å². The van der Waals surface area contributed by atoms with Gasteiger partial charge in [0.25, 0.3) is 15.6 Å². The fourth-order valence-electron chi connectivity index (χ4n) is 3.91. The number of methoxy groups -OCH3 is 1. The molecule has 1 aliphatic heterocycles. The molecule has 0 spiro atoms. The van der Waals surface area contributed by atoms with Crippen molar-refractivity contribution in [2.45, 2.75) is 25.0 Å². The zero-order valence-electron chi connectivity index (χ0n) is 20.6. The fourth-order valence-corrected chi connectivity index (χ4v) is 6.45. The SMILES string of the molecule is COc1ncc(-c2ccc3ncc(OCC4(C)COC4)c(=O)n3c2)cc1NS(=O)(=O)c1sc(C)nc1C. The Bertz CT molecular complexity index is 1660. The summed E-state index contributed by atoms with van der Waals surface area (Å²) in [6.07, 6.45) is 4.57. The van der Waals surface area contributed by atoms with Crippen LogP contribution in [0.1, 0.15) is 17.6 Å². The maximum Gasteiger partial charge on any atom is 0.300 e. The summed E-state index contributed by atoms with van der Waals surface area (Å²) >= 11 is 1.08. The molecule has 194 valence electrons. The van der Waals surface area contributed by atoms with E-state index in [1.54, 1.807) is 38.2 Å². The first kappa shape index (κ1) is 25.1. The van der Waals surface area contributed by atoms with Crippen LogP contribution in [0.5, 0.6) is 11.6 Å². The Morgan fingerprint density at radius 2 is 1.97 bits per heavy atom. The molecule has 0 radical (unpaired) electrons. The third-order valence-electron chi connectivity index (χ3n) is 5.87. The number of aromatic nitrogens is 4. The van der Waals surface area contributed by atoms with Crippen LogP contribution in [-0.2, 0) is 14.8 Å². The molecule has 4 aromatic rings. The topological polar surface area (TPSA) is 134 Å². The summed E-state index contributed by atoms with van der Waals surface area (Å²) in [5.41, 5.74) is 1.72. The number of rotatable bonds is 8. The maximum absolute atomic E-state index is 13.1. The van der Waals surface area contributed by atoms with Crippen molar-refractivity contribution in [2.24, 2.45) is 5.41 Å². The summed E-state index contributed by atoms with van der Waals surface area (Å²) in [6, 6.07) is 5.07.